The maximum Gasteiger partial charge on any atom is 0.242 e. The van der Waals surface area contributed by atoms with Gasteiger partial charge in [0.15, 0.2) is 5.17 Å². The number of halogens is 1. The summed E-state index contributed by atoms with van der Waals surface area (Å²) in [5.41, 5.74) is 0.895. The summed E-state index contributed by atoms with van der Waals surface area (Å²) in [4.78, 5) is 14.1. The van der Waals surface area contributed by atoms with Gasteiger partial charge in [-0.3, -0.25) is 9.69 Å². The highest BCUT2D eigenvalue weighted by atomic mass is 32.2. The fourth-order valence-corrected chi connectivity index (χ4v) is 3.49. The number of carbonyl (C=O) groups is 1. The third-order valence-corrected chi connectivity index (χ3v) is 4.70. The van der Waals surface area contributed by atoms with Crippen molar-refractivity contribution in [3.05, 3.63) is 72.5 Å². The van der Waals surface area contributed by atoms with Crippen molar-refractivity contribution in [1.82, 2.24) is 4.90 Å². The van der Waals surface area contributed by atoms with Gasteiger partial charge in [-0.2, -0.15) is 5.10 Å². The van der Waals surface area contributed by atoms with Crippen molar-refractivity contribution in [2.24, 2.45) is 10.2 Å². The highest BCUT2D eigenvalue weighted by molar-refractivity contribution is 8.15. The molecule has 1 fully saturated rings. The predicted octanol–water partition coefficient (Wildman–Crippen LogP) is 3.48. The van der Waals surface area contributed by atoms with Gasteiger partial charge in [-0.05, 0) is 36.2 Å². The average Bonchev–Trinajstić information content (AvgIpc) is 3.21. The molecule has 0 aliphatic carbocycles. The minimum absolute atomic E-state index is 0.0545. The van der Waals surface area contributed by atoms with Crippen molar-refractivity contribution in [2.45, 2.75) is 11.7 Å². The molecule has 0 radical (unpaired) electrons. The van der Waals surface area contributed by atoms with Crippen LogP contribution in [0.3, 0.4) is 0 Å². The summed E-state index contributed by atoms with van der Waals surface area (Å²) in [6, 6.07) is 9.67. The molecule has 1 amide bonds. The number of amidine groups is 1. The highest BCUT2D eigenvalue weighted by Crippen LogP contribution is 2.30. The fraction of sp³-hybridized carbons (Fsp3) is 0.167. The molecule has 0 bridgehead atoms. The van der Waals surface area contributed by atoms with E-state index in [9.17, 15) is 9.18 Å². The lowest BCUT2D eigenvalue weighted by atomic mass is 10.1. The standard InChI is InChI=1S/C18H16FN3O2S/c1-2-9-22-17(23)16(11-13-5-7-14(19)8-6-13)25-18(22)21-20-12-15-4-3-10-24-15/h2-8,10,12,16H,1,9,11H2/b20-12+,21-18+/t16-/m0/s1. The molecule has 1 aliphatic heterocycles. The Morgan fingerprint density at radius 3 is 2.80 bits per heavy atom. The van der Waals surface area contributed by atoms with Crippen molar-refractivity contribution in [1.29, 1.82) is 0 Å². The molecule has 0 unspecified atom stereocenters. The minimum atomic E-state index is -0.317. The van der Waals surface area contributed by atoms with Crippen LogP contribution in [0.2, 0.25) is 0 Å². The Hall–Kier alpha value is -2.67. The van der Waals surface area contributed by atoms with Crippen LogP contribution in [0.1, 0.15) is 11.3 Å². The lowest BCUT2D eigenvalue weighted by Gasteiger charge is -2.12. The average molecular weight is 357 g/mol. The van der Waals surface area contributed by atoms with Crippen molar-refractivity contribution in [3.8, 4) is 0 Å². The molecule has 1 aromatic heterocycles. The van der Waals surface area contributed by atoms with Crippen LogP contribution in [0.5, 0.6) is 0 Å². The van der Waals surface area contributed by atoms with Crippen LogP contribution in [0, 0.1) is 5.82 Å². The number of nitrogens with zero attached hydrogens (tertiary/aromatic N) is 3. The summed E-state index contributed by atoms with van der Waals surface area (Å²) in [7, 11) is 0. The van der Waals surface area contributed by atoms with Gasteiger partial charge in [-0.15, -0.1) is 11.7 Å². The number of hydrogen-bond donors (Lipinski definition) is 0. The zero-order valence-corrected chi connectivity index (χ0v) is 14.2. The van der Waals surface area contributed by atoms with Gasteiger partial charge in [0.1, 0.15) is 11.6 Å². The van der Waals surface area contributed by atoms with Gasteiger partial charge in [-0.25, -0.2) is 4.39 Å². The Bertz CT molecular complexity index is 800. The van der Waals surface area contributed by atoms with Gasteiger partial charge in [0.05, 0.1) is 17.7 Å². The molecule has 1 aliphatic rings. The molecule has 128 valence electrons. The molecule has 5 nitrogen and oxygen atoms in total. The minimum Gasteiger partial charge on any atom is -0.463 e. The number of furan rings is 1. The summed E-state index contributed by atoms with van der Waals surface area (Å²) in [6.45, 7) is 4.04. The quantitative estimate of drug-likeness (QED) is 0.452. The van der Waals surface area contributed by atoms with Crippen LogP contribution in [0.4, 0.5) is 4.39 Å². The monoisotopic (exact) mass is 357 g/mol. The molecular weight excluding hydrogens is 341 g/mol. The van der Waals surface area contributed by atoms with E-state index in [1.165, 1.54) is 30.1 Å². The lowest BCUT2D eigenvalue weighted by Crippen LogP contribution is -2.32. The van der Waals surface area contributed by atoms with E-state index in [0.717, 1.165) is 5.56 Å². The molecule has 0 N–H and O–H groups in total. The van der Waals surface area contributed by atoms with Gasteiger partial charge in [0.2, 0.25) is 5.91 Å². The summed E-state index contributed by atoms with van der Waals surface area (Å²) in [5.74, 6) is 0.231. The Labute approximate surface area is 148 Å². The topological polar surface area (TPSA) is 58.2 Å². The molecule has 1 aromatic carbocycles. The van der Waals surface area contributed by atoms with Crippen molar-refractivity contribution >= 4 is 29.1 Å². The Kier molecular flexibility index (Phi) is 5.45. The summed E-state index contributed by atoms with van der Waals surface area (Å²) >= 11 is 1.34. The number of carbonyl (C=O) groups excluding carboxylic acids is 1. The second-order valence-corrected chi connectivity index (χ2v) is 6.49. The first-order valence-electron chi connectivity index (χ1n) is 7.65. The van der Waals surface area contributed by atoms with Crippen LogP contribution in [0.25, 0.3) is 0 Å². The Morgan fingerprint density at radius 2 is 2.12 bits per heavy atom. The SMILES string of the molecule is C=CCN1C(=O)[C@H](Cc2ccc(F)cc2)S/C1=N/N=C/c1ccco1. The van der Waals surface area contributed by atoms with E-state index in [1.54, 1.807) is 41.5 Å². The van der Waals surface area contributed by atoms with Gasteiger partial charge >= 0.3 is 0 Å². The third-order valence-electron chi connectivity index (χ3n) is 3.54. The number of hydrogen-bond acceptors (Lipinski definition) is 5. The predicted molar refractivity (Wildman–Crippen MR) is 97.1 cm³/mol. The first-order chi connectivity index (χ1) is 12.2. The number of benzene rings is 1. The van der Waals surface area contributed by atoms with E-state index in [4.69, 9.17) is 4.42 Å². The molecule has 25 heavy (non-hydrogen) atoms. The van der Waals surface area contributed by atoms with Gasteiger partial charge < -0.3 is 4.42 Å². The zero-order valence-electron chi connectivity index (χ0n) is 13.3. The van der Waals surface area contributed by atoms with Crippen LogP contribution < -0.4 is 0 Å². The molecule has 2 aromatic rings. The van der Waals surface area contributed by atoms with Crippen LogP contribution in [-0.4, -0.2) is 34.0 Å². The molecule has 2 heterocycles. The first kappa shape index (κ1) is 17.2. The normalized spacial score (nSPS) is 19.2. The molecular formula is C18H16FN3O2S. The van der Waals surface area contributed by atoms with Crippen LogP contribution >= 0.6 is 11.8 Å². The van der Waals surface area contributed by atoms with Gasteiger partial charge in [0, 0.05) is 6.54 Å². The summed E-state index contributed by atoms with van der Waals surface area (Å²) in [6.07, 6.45) is 5.17. The Morgan fingerprint density at radius 1 is 1.32 bits per heavy atom. The van der Waals surface area contributed by atoms with Crippen molar-refractivity contribution in [2.75, 3.05) is 6.54 Å². The smallest absolute Gasteiger partial charge is 0.242 e. The van der Waals surface area contributed by atoms with E-state index in [0.29, 0.717) is 23.9 Å². The second-order valence-electron chi connectivity index (χ2n) is 5.32. The summed E-state index contributed by atoms with van der Waals surface area (Å²) < 4.78 is 18.2. The second kappa shape index (κ2) is 7.94. The fourth-order valence-electron chi connectivity index (χ4n) is 2.35. The van der Waals surface area contributed by atoms with Crippen LogP contribution in [0.15, 0.2) is 69.9 Å². The summed E-state index contributed by atoms with van der Waals surface area (Å²) in [5, 5.41) is 8.32. The van der Waals surface area contributed by atoms with E-state index < -0.39 is 0 Å². The van der Waals surface area contributed by atoms with Crippen molar-refractivity contribution in [3.63, 3.8) is 0 Å². The largest absolute Gasteiger partial charge is 0.463 e. The van der Waals surface area contributed by atoms with E-state index in [1.807, 2.05) is 0 Å². The molecule has 0 saturated carbocycles. The van der Waals surface area contributed by atoms with Gasteiger partial charge in [-0.1, -0.05) is 30.0 Å². The number of thioether (sulfide) groups is 1. The van der Waals surface area contributed by atoms with E-state index >= 15 is 0 Å². The lowest BCUT2D eigenvalue weighted by molar-refractivity contribution is -0.125. The van der Waals surface area contributed by atoms with Gasteiger partial charge in [0.25, 0.3) is 0 Å². The van der Waals surface area contributed by atoms with Crippen molar-refractivity contribution < 1.29 is 13.6 Å². The number of amides is 1. The molecule has 3 rings (SSSR count). The molecule has 7 heteroatoms. The maximum absolute atomic E-state index is 13.0. The van der Waals surface area contributed by atoms with E-state index in [2.05, 4.69) is 16.8 Å². The Balaban J connectivity index is 1.74. The van der Waals surface area contributed by atoms with E-state index in [-0.39, 0.29) is 17.0 Å². The first-order valence-corrected chi connectivity index (χ1v) is 8.53. The third kappa shape index (κ3) is 4.24. The zero-order chi connectivity index (χ0) is 17.6. The molecule has 1 saturated heterocycles. The van der Waals surface area contributed by atoms with Crippen LogP contribution in [-0.2, 0) is 11.2 Å². The highest BCUT2D eigenvalue weighted by Gasteiger charge is 2.37. The number of rotatable bonds is 6. The maximum atomic E-state index is 13.0. The molecule has 0 spiro atoms. The molecule has 1 atom stereocenters.